The number of hydrogen-bond acceptors (Lipinski definition) is 6. The molecule has 2 aliphatic heterocycles. The Morgan fingerprint density at radius 3 is 2.76 bits per heavy atom. The van der Waals surface area contributed by atoms with Gasteiger partial charge in [0.15, 0.2) is 0 Å². The van der Waals surface area contributed by atoms with Crippen LogP contribution in [0.3, 0.4) is 0 Å². The molecule has 7 nitrogen and oxygen atoms in total. The van der Waals surface area contributed by atoms with Gasteiger partial charge in [0.2, 0.25) is 13.1 Å². The zero-order chi connectivity index (χ0) is 18.2. The van der Waals surface area contributed by atoms with Crippen LogP contribution in [0, 0.1) is 10.6 Å². The number of methoxy groups -OCH3 is 1. The fraction of sp³-hybridized carbons (Fsp3) is 0.556. The topological polar surface area (TPSA) is 77.4 Å². The van der Waals surface area contributed by atoms with Crippen molar-refractivity contribution in [3.63, 3.8) is 0 Å². The van der Waals surface area contributed by atoms with Crippen LogP contribution in [0.5, 0.6) is 5.75 Å². The highest BCUT2D eigenvalue weighted by Crippen LogP contribution is 2.33. The fourth-order valence-electron chi connectivity index (χ4n) is 2.67. The van der Waals surface area contributed by atoms with Gasteiger partial charge in [-0.15, -0.1) is 0 Å². The van der Waals surface area contributed by atoms with Crippen molar-refractivity contribution in [2.75, 3.05) is 20.4 Å². The molecule has 1 aromatic rings. The van der Waals surface area contributed by atoms with Gasteiger partial charge >= 0.3 is 5.97 Å². The van der Waals surface area contributed by atoms with E-state index >= 15 is 0 Å². The SMILES string of the molecule is COc1cc2c(cc1CC1CO1)[N+]([O-])=CN(COC(=O)C(C)(C)C)C2. The highest BCUT2D eigenvalue weighted by Gasteiger charge is 2.29. The maximum Gasteiger partial charge on any atom is 0.314 e. The number of nitrogens with zero attached hydrogens (tertiary/aromatic N) is 2. The monoisotopic (exact) mass is 348 g/mol. The van der Waals surface area contributed by atoms with Crippen LogP contribution in [-0.2, 0) is 27.2 Å². The second kappa shape index (κ2) is 6.55. The molecule has 3 rings (SSSR count). The number of benzene rings is 1. The quantitative estimate of drug-likeness (QED) is 0.351. The van der Waals surface area contributed by atoms with Crippen molar-refractivity contribution < 1.29 is 23.7 Å². The van der Waals surface area contributed by atoms with Crippen LogP contribution in [0.25, 0.3) is 0 Å². The van der Waals surface area contributed by atoms with Crippen LogP contribution < -0.4 is 4.74 Å². The van der Waals surface area contributed by atoms with E-state index in [2.05, 4.69) is 0 Å². The molecule has 1 fully saturated rings. The van der Waals surface area contributed by atoms with Gasteiger partial charge in [-0.25, -0.2) is 9.64 Å². The van der Waals surface area contributed by atoms with E-state index in [0.717, 1.165) is 34.6 Å². The summed E-state index contributed by atoms with van der Waals surface area (Å²) >= 11 is 0. The smallest absolute Gasteiger partial charge is 0.314 e. The number of carbonyl (C=O) groups excluding carboxylic acids is 1. The molecule has 7 heteroatoms. The van der Waals surface area contributed by atoms with Gasteiger partial charge in [0, 0.05) is 17.5 Å². The lowest BCUT2D eigenvalue weighted by Gasteiger charge is -2.26. The van der Waals surface area contributed by atoms with Gasteiger partial charge in [0.05, 0.1) is 25.2 Å². The largest absolute Gasteiger partial charge is 0.711 e. The van der Waals surface area contributed by atoms with Crippen molar-refractivity contribution in [3.05, 3.63) is 28.5 Å². The number of hydrogen-bond donors (Lipinski definition) is 0. The van der Waals surface area contributed by atoms with Gasteiger partial charge in [0.1, 0.15) is 18.0 Å². The van der Waals surface area contributed by atoms with Crippen LogP contribution in [0.4, 0.5) is 5.69 Å². The number of rotatable bonds is 5. The summed E-state index contributed by atoms with van der Waals surface area (Å²) in [6.45, 7) is 6.64. The molecular formula is C18H24N2O5. The Hall–Kier alpha value is -2.28. The van der Waals surface area contributed by atoms with Crippen molar-refractivity contribution in [3.8, 4) is 5.75 Å². The van der Waals surface area contributed by atoms with E-state index in [0.29, 0.717) is 12.2 Å². The van der Waals surface area contributed by atoms with Crippen LogP contribution in [0.2, 0.25) is 0 Å². The first-order chi connectivity index (χ1) is 11.8. The minimum absolute atomic E-state index is 0.0360. The highest BCUT2D eigenvalue weighted by molar-refractivity contribution is 5.75. The summed E-state index contributed by atoms with van der Waals surface area (Å²) in [5.41, 5.74) is 1.82. The number of ether oxygens (including phenoxy) is 3. The van der Waals surface area contributed by atoms with Gasteiger partial charge in [-0.1, -0.05) is 0 Å². The van der Waals surface area contributed by atoms with Crippen LogP contribution in [-0.4, -0.2) is 48.5 Å². The molecule has 2 heterocycles. The molecule has 0 amide bonds. The van der Waals surface area contributed by atoms with Crippen LogP contribution in [0.1, 0.15) is 31.9 Å². The van der Waals surface area contributed by atoms with E-state index < -0.39 is 5.41 Å². The van der Waals surface area contributed by atoms with Gasteiger partial charge in [0.25, 0.3) is 0 Å². The van der Waals surface area contributed by atoms with Gasteiger partial charge in [-0.05, 0) is 32.9 Å². The lowest BCUT2D eigenvalue weighted by Crippen LogP contribution is -2.34. The zero-order valence-electron chi connectivity index (χ0n) is 15.1. The van der Waals surface area contributed by atoms with E-state index in [4.69, 9.17) is 14.2 Å². The zero-order valence-corrected chi connectivity index (χ0v) is 15.1. The second-order valence-electron chi connectivity index (χ2n) is 7.45. The molecule has 1 atom stereocenters. The van der Waals surface area contributed by atoms with Crippen molar-refractivity contribution in [1.29, 1.82) is 0 Å². The third-order valence-electron chi connectivity index (χ3n) is 4.18. The molecule has 0 N–H and O–H groups in total. The lowest BCUT2D eigenvalue weighted by atomic mass is 9.97. The van der Waals surface area contributed by atoms with Gasteiger partial charge in [-0.2, -0.15) is 0 Å². The van der Waals surface area contributed by atoms with Crippen LogP contribution in [0.15, 0.2) is 12.1 Å². The summed E-state index contributed by atoms with van der Waals surface area (Å²) in [7, 11) is 1.62. The molecule has 136 valence electrons. The Morgan fingerprint density at radius 1 is 1.44 bits per heavy atom. The minimum atomic E-state index is -0.576. The number of carbonyl (C=O) groups is 1. The summed E-state index contributed by atoms with van der Waals surface area (Å²) in [5.74, 6) is 0.442. The van der Waals surface area contributed by atoms with Crippen molar-refractivity contribution in [2.24, 2.45) is 5.41 Å². The van der Waals surface area contributed by atoms with Crippen molar-refractivity contribution in [1.82, 2.24) is 4.90 Å². The summed E-state index contributed by atoms with van der Waals surface area (Å²) in [6.07, 6.45) is 2.37. The average Bonchev–Trinajstić information content (AvgIpc) is 3.35. The predicted octanol–water partition coefficient (Wildman–Crippen LogP) is 2.17. The van der Waals surface area contributed by atoms with Crippen molar-refractivity contribution >= 4 is 18.0 Å². The molecule has 1 saturated heterocycles. The molecule has 1 unspecified atom stereocenters. The fourth-order valence-corrected chi connectivity index (χ4v) is 2.67. The Bertz CT molecular complexity index is 704. The summed E-state index contributed by atoms with van der Waals surface area (Å²) < 4.78 is 16.8. The van der Waals surface area contributed by atoms with E-state index in [1.54, 1.807) is 32.8 Å². The van der Waals surface area contributed by atoms with Crippen LogP contribution >= 0.6 is 0 Å². The molecule has 1 aromatic carbocycles. The third kappa shape index (κ3) is 4.04. The maximum absolute atomic E-state index is 12.4. The number of epoxide rings is 1. The first-order valence-electron chi connectivity index (χ1n) is 8.32. The number of esters is 1. The Morgan fingerprint density at radius 2 is 2.16 bits per heavy atom. The molecule has 25 heavy (non-hydrogen) atoms. The second-order valence-corrected chi connectivity index (χ2v) is 7.45. The molecule has 0 aliphatic carbocycles. The molecule has 2 aliphatic rings. The lowest BCUT2D eigenvalue weighted by molar-refractivity contribution is -0.367. The normalized spacial score (nSPS) is 19.1. The highest BCUT2D eigenvalue weighted by atomic mass is 16.6. The van der Waals surface area contributed by atoms with E-state index in [-0.39, 0.29) is 18.8 Å². The minimum Gasteiger partial charge on any atom is -0.711 e. The predicted molar refractivity (Wildman–Crippen MR) is 91.7 cm³/mol. The Labute approximate surface area is 147 Å². The standard InChI is InChI=1S/C18H24N2O5/c1-18(2,3)17(21)25-11-19-8-13-7-16(23-4)12(5-14-9-24-14)6-15(13)20(22)10-19/h6-7,10,14H,5,8-9,11H2,1-4H3. The molecule has 0 saturated carbocycles. The summed E-state index contributed by atoms with van der Waals surface area (Å²) in [6, 6.07) is 3.74. The van der Waals surface area contributed by atoms with E-state index in [1.807, 2.05) is 12.1 Å². The number of fused-ring (bicyclic) bond motifs is 1. The summed E-state index contributed by atoms with van der Waals surface area (Å²) in [4.78, 5) is 13.6. The first-order valence-corrected chi connectivity index (χ1v) is 8.32. The Balaban J connectivity index is 1.76. The van der Waals surface area contributed by atoms with Crippen molar-refractivity contribution in [2.45, 2.75) is 39.8 Å². The van der Waals surface area contributed by atoms with Gasteiger partial charge < -0.3 is 19.4 Å². The van der Waals surface area contributed by atoms with E-state index in [1.165, 1.54) is 6.34 Å². The average molecular weight is 348 g/mol. The Kier molecular flexibility index (Phi) is 4.60. The molecule has 0 aromatic heterocycles. The molecule has 0 bridgehead atoms. The summed E-state index contributed by atoms with van der Waals surface area (Å²) in [5, 5.41) is 12.4. The molecular weight excluding hydrogens is 324 g/mol. The molecule has 0 spiro atoms. The van der Waals surface area contributed by atoms with Gasteiger partial charge in [-0.3, -0.25) is 4.79 Å². The van der Waals surface area contributed by atoms with E-state index in [9.17, 15) is 10.0 Å². The molecule has 0 radical (unpaired) electrons. The first kappa shape index (κ1) is 17.5. The maximum atomic E-state index is 12.4. The third-order valence-corrected chi connectivity index (χ3v) is 4.18.